The number of ether oxygens (including phenoxy) is 6. The Labute approximate surface area is 556 Å². The van der Waals surface area contributed by atoms with Crippen molar-refractivity contribution in [1.29, 1.82) is 0 Å². The summed E-state index contributed by atoms with van der Waals surface area (Å²) < 4.78 is 34.4. The molecule has 544 valence electrons. The van der Waals surface area contributed by atoms with E-state index in [-0.39, 0.29) is 18.9 Å². The van der Waals surface area contributed by atoms with Gasteiger partial charge in [0.25, 0.3) is 0 Å². The Kier molecular flexibility index (Phi) is 51.0. The number of hydrogen-bond acceptors (Lipinski definition) is 18. The Bertz CT molecular complexity index is 1720. The second-order valence-corrected chi connectivity index (χ2v) is 27.5. The van der Waals surface area contributed by atoms with Crippen molar-refractivity contribution in [2.45, 2.75) is 420 Å². The minimum absolute atomic E-state index is 0.250. The van der Waals surface area contributed by atoms with E-state index in [2.05, 4.69) is 19.2 Å². The van der Waals surface area contributed by atoms with Crippen LogP contribution < -0.4 is 5.32 Å². The molecule has 92 heavy (non-hydrogen) atoms. The van der Waals surface area contributed by atoms with Gasteiger partial charge in [-0.15, -0.1) is 0 Å². The van der Waals surface area contributed by atoms with Crippen LogP contribution in [0.15, 0.2) is 12.2 Å². The van der Waals surface area contributed by atoms with Crippen molar-refractivity contribution in [2.24, 2.45) is 0 Å². The van der Waals surface area contributed by atoms with E-state index in [0.717, 1.165) is 44.9 Å². The van der Waals surface area contributed by atoms with Crippen molar-refractivity contribution >= 4 is 5.91 Å². The van der Waals surface area contributed by atoms with E-state index in [1.54, 1.807) is 6.08 Å². The SMILES string of the molecule is CCCCCCCCCCCCCCCCCCCCCCCCCCCC/C=C/C(O)C(COC1OC(CO)C(OC2OC(CO)C(OC3OC(CO)C(O)C(O)C3O)C(O)C2O)C(O)C1O)NC(=O)CCCCCCCCCCCCCCCCCCCCC. The molecule has 12 N–H and O–H groups in total. The van der Waals surface area contributed by atoms with Gasteiger partial charge in [-0.2, -0.15) is 0 Å². The van der Waals surface area contributed by atoms with Crippen LogP contribution >= 0.6 is 0 Å². The highest BCUT2D eigenvalue weighted by Gasteiger charge is 2.53. The summed E-state index contributed by atoms with van der Waals surface area (Å²) in [5.41, 5.74) is 0. The Morgan fingerprint density at radius 3 is 1.02 bits per heavy atom. The topological polar surface area (TPSA) is 307 Å². The largest absolute Gasteiger partial charge is 0.394 e. The summed E-state index contributed by atoms with van der Waals surface area (Å²) in [7, 11) is 0. The lowest BCUT2D eigenvalue weighted by Crippen LogP contribution is -2.66. The Morgan fingerprint density at radius 1 is 0.380 bits per heavy atom. The monoisotopic (exact) mass is 1320 g/mol. The lowest BCUT2D eigenvalue weighted by atomic mass is 9.96. The van der Waals surface area contributed by atoms with Crippen LogP contribution in [0, 0.1) is 0 Å². The third kappa shape index (κ3) is 36.4. The number of amides is 1. The average Bonchev–Trinajstić information content (AvgIpc) is 0.843. The van der Waals surface area contributed by atoms with Crippen molar-refractivity contribution in [1.82, 2.24) is 5.32 Å². The van der Waals surface area contributed by atoms with E-state index in [4.69, 9.17) is 28.4 Å². The molecule has 17 unspecified atom stereocenters. The zero-order valence-electron chi connectivity index (χ0n) is 57.8. The molecule has 0 radical (unpaired) electrons. The highest BCUT2D eigenvalue weighted by molar-refractivity contribution is 5.76. The van der Waals surface area contributed by atoms with Gasteiger partial charge in [0.05, 0.1) is 38.6 Å². The summed E-state index contributed by atoms with van der Waals surface area (Å²) in [6.45, 7) is 1.79. The van der Waals surface area contributed by atoms with Crippen LogP contribution in [0.1, 0.15) is 316 Å². The molecule has 0 aromatic rings. The van der Waals surface area contributed by atoms with Gasteiger partial charge in [-0.3, -0.25) is 4.79 Å². The molecule has 0 aromatic heterocycles. The molecule has 19 heteroatoms. The van der Waals surface area contributed by atoms with E-state index < -0.39 is 124 Å². The second-order valence-electron chi connectivity index (χ2n) is 27.5. The number of allylic oxidation sites excluding steroid dienone is 1. The van der Waals surface area contributed by atoms with E-state index in [0.29, 0.717) is 6.42 Å². The van der Waals surface area contributed by atoms with E-state index in [1.807, 2.05) is 6.08 Å². The number of rotatable bonds is 60. The van der Waals surface area contributed by atoms with Crippen molar-refractivity contribution in [3.63, 3.8) is 0 Å². The number of aliphatic hydroxyl groups excluding tert-OH is 11. The summed E-state index contributed by atoms with van der Waals surface area (Å²) in [6, 6.07) is -0.969. The predicted molar refractivity (Wildman–Crippen MR) is 360 cm³/mol. The van der Waals surface area contributed by atoms with Gasteiger partial charge in [0.2, 0.25) is 5.91 Å². The first-order valence-electron chi connectivity index (χ1n) is 37.9. The van der Waals surface area contributed by atoms with Crippen molar-refractivity contribution in [3.05, 3.63) is 12.2 Å². The highest BCUT2D eigenvalue weighted by Crippen LogP contribution is 2.33. The number of nitrogens with one attached hydrogen (secondary N) is 1. The maximum atomic E-state index is 13.4. The lowest BCUT2D eigenvalue weighted by molar-refractivity contribution is -0.379. The molecule has 0 saturated carbocycles. The fourth-order valence-electron chi connectivity index (χ4n) is 13.2. The van der Waals surface area contributed by atoms with Crippen molar-refractivity contribution < 1.29 is 89.4 Å². The highest BCUT2D eigenvalue weighted by atomic mass is 16.8. The van der Waals surface area contributed by atoms with Crippen LogP contribution in [0.4, 0.5) is 0 Å². The van der Waals surface area contributed by atoms with E-state index >= 15 is 0 Å². The number of aliphatic hydroxyl groups is 11. The number of hydrogen-bond donors (Lipinski definition) is 12. The van der Waals surface area contributed by atoms with Crippen LogP contribution in [-0.2, 0) is 33.2 Å². The van der Waals surface area contributed by atoms with Crippen molar-refractivity contribution in [3.8, 4) is 0 Å². The summed E-state index contributed by atoms with van der Waals surface area (Å²) in [5, 5.41) is 121. The van der Waals surface area contributed by atoms with Crippen LogP contribution in [0.5, 0.6) is 0 Å². The normalized spacial score (nSPS) is 27.7. The molecule has 17 atom stereocenters. The summed E-state index contributed by atoms with van der Waals surface area (Å²) in [5.74, 6) is -0.268. The van der Waals surface area contributed by atoms with Gasteiger partial charge in [0, 0.05) is 6.42 Å². The number of unbranched alkanes of at least 4 members (excludes halogenated alkanes) is 44. The zero-order chi connectivity index (χ0) is 66.8. The first kappa shape index (κ1) is 84.8. The fraction of sp³-hybridized carbons (Fsp3) is 0.959. The Balaban J connectivity index is 1.40. The predicted octanol–water partition coefficient (Wildman–Crippen LogP) is 11.2. The minimum atomic E-state index is -1.98. The van der Waals surface area contributed by atoms with Gasteiger partial charge >= 0.3 is 0 Å². The molecule has 0 aliphatic carbocycles. The smallest absolute Gasteiger partial charge is 0.220 e. The molecule has 19 nitrogen and oxygen atoms in total. The summed E-state index contributed by atoms with van der Waals surface area (Å²) >= 11 is 0. The van der Waals surface area contributed by atoms with Crippen molar-refractivity contribution in [2.75, 3.05) is 26.4 Å². The maximum absolute atomic E-state index is 13.4. The number of carbonyl (C=O) groups is 1. The Morgan fingerprint density at radius 2 is 0.674 bits per heavy atom. The quantitative estimate of drug-likeness (QED) is 0.0199. The van der Waals surface area contributed by atoms with Gasteiger partial charge in [0.1, 0.15) is 73.2 Å². The first-order valence-corrected chi connectivity index (χ1v) is 37.9. The molecule has 3 fully saturated rings. The third-order valence-electron chi connectivity index (χ3n) is 19.3. The molecule has 3 aliphatic heterocycles. The fourth-order valence-corrected chi connectivity index (χ4v) is 13.2. The molecule has 1 amide bonds. The molecule has 0 aromatic carbocycles. The molecule has 3 heterocycles. The van der Waals surface area contributed by atoms with Crippen LogP contribution in [0.3, 0.4) is 0 Å². The molecule has 0 bridgehead atoms. The van der Waals surface area contributed by atoms with Gasteiger partial charge < -0.3 is 89.9 Å². The Hall–Kier alpha value is -1.47. The van der Waals surface area contributed by atoms with Crippen LogP contribution in [0.25, 0.3) is 0 Å². The van der Waals surface area contributed by atoms with Gasteiger partial charge in [-0.1, -0.05) is 302 Å². The summed E-state index contributed by atoms with van der Waals surface area (Å²) in [6.07, 6.45) is 36.2. The molecule has 3 saturated heterocycles. The third-order valence-corrected chi connectivity index (χ3v) is 19.3. The molecular weight excluding hydrogens is 1180 g/mol. The van der Waals surface area contributed by atoms with Crippen LogP contribution in [0.2, 0.25) is 0 Å². The van der Waals surface area contributed by atoms with E-state index in [9.17, 15) is 61.0 Å². The van der Waals surface area contributed by atoms with Gasteiger partial charge in [-0.05, 0) is 19.3 Å². The molecular formula is C73H139NO18. The minimum Gasteiger partial charge on any atom is -0.394 e. The lowest BCUT2D eigenvalue weighted by Gasteiger charge is -2.48. The standard InChI is InChI=1S/C73H139NO18/c1-3-5-7-9-11-13-15-17-19-21-23-24-25-26-27-28-29-30-31-33-34-36-38-40-42-44-46-48-50-57(78)56(74-61(79)51-49-47-45-43-41-39-37-35-32-22-20-18-16-14-12-10-8-6-4-2)55-87-71-67(85)64(82)69(59(53-76)89-71)92-73-68(86)65(83)70(60(54-77)90-73)91-72-66(84)63(81)62(80)58(52-75)88-72/h48,50,56-60,62-73,75-78,80-86H,3-47,49,51-55H2,1-2H3,(H,74,79)/b50-48+. The molecule has 0 spiro atoms. The number of carbonyl (C=O) groups excluding carboxylic acids is 1. The van der Waals surface area contributed by atoms with Crippen LogP contribution in [-0.4, -0.2) is 193 Å². The first-order chi connectivity index (χ1) is 44.8. The summed E-state index contributed by atoms with van der Waals surface area (Å²) in [4.78, 5) is 13.4. The molecule has 3 rings (SSSR count). The second kappa shape index (κ2) is 55.4. The van der Waals surface area contributed by atoms with Gasteiger partial charge in [-0.25, -0.2) is 0 Å². The molecule has 3 aliphatic rings. The van der Waals surface area contributed by atoms with Gasteiger partial charge in [0.15, 0.2) is 18.9 Å². The average molecular weight is 1320 g/mol. The van der Waals surface area contributed by atoms with E-state index in [1.165, 1.54) is 244 Å². The maximum Gasteiger partial charge on any atom is 0.220 e. The zero-order valence-corrected chi connectivity index (χ0v) is 57.8.